The Hall–Kier alpha value is -1.66. The molecule has 146 valence electrons. The van der Waals surface area contributed by atoms with Crippen molar-refractivity contribution < 1.29 is 9.53 Å². The van der Waals surface area contributed by atoms with Gasteiger partial charge >= 0.3 is 0 Å². The van der Waals surface area contributed by atoms with Crippen molar-refractivity contribution in [3.05, 3.63) is 61.9 Å². The zero-order valence-corrected chi connectivity index (χ0v) is 18.2. The summed E-state index contributed by atoms with van der Waals surface area (Å²) in [5.74, 6) is 0.387. The monoisotopic (exact) mass is 454 g/mol. The van der Waals surface area contributed by atoms with Gasteiger partial charge in [0.1, 0.15) is 5.75 Å². The predicted octanol–water partition coefficient (Wildman–Crippen LogP) is 6.72. The standard InChI is InChI=1S/C20H17Cl3N2O2S/c1-3-11(2)27-16-8-7-12(9-14(16)22)10-17-19(26)25-20(28-17)24-15-6-4-5-13(21)18(15)23/h4-11H,3H2,1-2H3,(H,24,25,26). The number of ether oxygens (including phenoxy) is 1. The fraction of sp³-hybridized carbons (Fsp3) is 0.200. The Morgan fingerprint density at radius 3 is 2.71 bits per heavy atom. The molecule has 0 saturated carbocycles. The number of amidine groups is 1. The second-order valence-electron chi connectivity index (χ2n) is 6.08. The Labute approximate surface area is 182 Å². The minimum absolute atomic E-state index is 0.0787. The molecule has 8 heteroatoms. The lowest BCUT2D eigenvalue weighted by Crippen LogP contribution is -2.19. The Bertz CT molecular complexity index is 976. The van der Waals surface area contributed by atoms with Gasteiger partial charge < -0.3 is 10.1 Å². The summed E-state index contributed by atoms with van der Waals surface area (Å²) < 4.78 is 5.77. The molecule has 0 spiro atoms. The molecule has 4 nitrogen and oxygen atoms in total. The van der Waals surface area contributed by atoms with Crippen molar-refractivity contribution >= 4 is 69.4 Å². The number of benzene rings is 2. The molecule has 1 N–H and O–H groups in total. The summed E-state index contributed by atoms with van der Waals surface area (Å²) >= 11 is 19.7. The SMILES string of the molecule is CCC(C)Oc1ccc(C=C2SC(=Nc3cccc(Cl)c3Cl)NC2=O)cc1Cl. The van der Waals surface area contributed by atoms with Crippen LogP contribution < -0.4 is 10.1 Å². The zero-order chi connectivity index (χ0) is 20.3. The van der Waals surface area contributed by atoms with Gasteiger partial charge in [-0.1, -0.05) is 53.9 Å². The van der Waals surface area contributed by atoms with Gasteiger partial charge in [0, 0.05) is 0 Å². The molecule has 2 aromatic carbocycles. The van der Waals surface area contributed by atoms with Crippen LogP contribution in [0.1, 0.15) is 25.8 Å². The fourth-order valence-corrected chi connectivity index (χ4v) is 3.73. The molecule has 0 aromatic heterocycles. The minimum Gasteiger partial charge on any atom is -0.489 e. The number of hydrogen-bond acceptors (Lipinski definition) is 4. The average Bonchev–Trinajstić information content (AvgIpc) is 3.00. The summed E-state index contributed by atoms with van der Waals surface area (Å²) in [6, 6.07) is 10.6. The molecule has 0 radical (unpaired) electrons. The summed E-state index contributed by atoms with van der Waals surface area (Å²) in [4.78, 5) is 17.2. The van der Waals surface area contributed by atoms with Crippen LogP contribution in [0.15, 0.2) is 46.3 Å². The Morgan fingerprint density at radius 1 is 1.21 bits per heavy atom. The third-order valence-electron chi connectivity index (χ3n) is 3.96. The number of rotatable bonds is 5. The van der Waals surface area contributed by atoms with E-state index in [2.05, 4.69) is 10.3 Å². The summed E-state index contributed by atoms with van der Waals surface area (Å²) in [5, 5.41) is 4.40. The molecule has 3 rings (SSSR count). The molecule has 1 unspecified atom stereocenters. The number of hydrogen-bond donors (Lipinski definition) is 1. The van der Waals surface area contributed by atoms with E-state index < -0.39 is 0 Å². The van der Waals surface area contributed by atoms with Crippen LogP contribution in [-0.4, -0.2) is 17.2 Å². The van der Waals surface area contributed by atoms with E-state index in [-0.39, 0.29) is 12.0 Å². The van der Waals surface area contributed by atoms with Crippen molar-refractivity contribution in [1.29, 1.82) is 0 Å². The largest absolute Gasteiger partial charge is 0.489 e. The van der Waals surface area contributed by atoms with E-state index >= 15 is 0 Å². The van der Waals surface area contributed by atoms with E-state index in [0.717, 1.165) is 12.0 Å². The molecule has 1 aliphatic rings. The van der Waals surface area contributed by atoms with Gasteiger partial charge in [-0.3, -0.25) is 4.79 Å². The van der Waals surface area contributed by atoms with E-state index in [4.69, 9.17) is 39.5 Å². The van der Waals surface area contributed by atoms with Crippen LogP contribution in [0, 0.1) is 0 Å². The number of amides is 1. The minimum atomic E-state index is -0.238. The maximum absolute atomic E-state index is 12.3. The van der Waals surface area contributed by atoms with Gasteiger partial charge in [-0.15, -0.1) is 0 Å². The van der Waals surface area contributed by atoms with E-state index in [1.807, 2.05) is 19.9 Å². The third kappa shape index (κ3) is 5.03. The number of halogens is 3. The lowest BCUT2D eigenvalue weighted by atomic mass is 10.2. The summed E-state index contributed by atoms with van der Waals surface area (Å²) in [7, 11) is 0. The molecule has 28 heavy (non-hydrogen) atoms. The van der Waals surface area contributed by atoms with Gasteiger partial charge in [-0.25, -0.2) is 4.99 Å². The number of carbonyl (C=O) groups excluding carboxylic acids is 1. The van der Waals surface area contributed by atoms with Crippen molar-refractivity contribution in [2.75, 3.05) is 0 Å². The second kappa shape index (κ2) is 9.23. The molecule has 1 heterocycles. The zero-order valence-electron chi connectivity index (χ0n) is 15.1. The van der Waals surface area contributed by atoms with Crippen LogP contribution in [0.25, 0.3) is 6.08 Å². The Kier molecular flexibility index (Phi) is 6.94. The first-order valence-electron chi connectivity index (χ1n) is 8.57. The number of aliphatic imine (C=N–C) groups is 1. The van der Waals surface area contributed by atoms with Gasteiger partial charge in [0.25, 0.3) is 5.91 Å². The van der Waals surface area contributed by atoms with Crippen molar-refractivity contribution in [3.63, 3.8) is 0 Å². The molecule has 1 saturated heterocycles. The highest BCUT2D eigenvalue weighted by atomic mass is 35.5. The third-order valence-corrected chi connectivity index (χ3v) is 5.98. The van der Waals surface area contributed by atoms with E-state index in [1.165, 1.54) is 11.8 Å². The maximum atomic E-state index is 12.3. The fourth-order valence-electron chi connectivity index (χ4n) is 2.32. The molecule has 2 aromatic rings. The van der Waals surface area contributed by atoms with Crippen LogP contribution in [0.2, 0.25) is 15.1 Å². The highest BCUT2D eigenvalue weighted by Crippen LogP contribution is 2.35. The molecule has 0 aliphatic carbocycles. The van der Waals surface area contributed by atoms with Crippen molar-refractivity contribution in [2.45, 2.75) is 26.4 Å². The molecule has 1 amide bonds. The van der Waals surface area contributed by atoms with Crippen molar-refractivity contribution in [1.82, 2.24) is 5.32 Å². The van der Waals surface area contributed by atoms with E-state index in [9.17, 15) is 4.79 Å². The summed E-state index contributed by atoms with van der Waals surface area (Å²) in [5.41, 5.74) is 1.29. The highest BCUT2D eigenvalue weighted by Gasteiger charge is 2.24. The first kappa shape index (κ1) is 21.1. The van der Waals surface area contributed by atoms with E-state index in [0.29, 0.717) is 36.6 Å². The quantitative estimate of drug-likeness (QED) is 0.509. The average molecular weight is 456 g/mol. The lowest BCUT2D eigenvalue weighted by molar-refractivity contribution is -0.115. The molecule has 1 aliphatic heterocycles. The number of carbonyl (C=O) groups is 1. The second-order valence-corrected chi connectivity index (χ2v) is 8.30. The van der Waals surface area contributed by atoms with Crippen LogP contribution >= 0.6 is 46.6 Å². The molecule has 0 bridgehead atoms. The predicted molar refractivity (Wildman–Crippen MR) is 119 cm³/mol. The first-order valence-corrected chi connectivity index (χ1v) is 10.5. The van der Waals surface area contributed by atoms with E-state index in [1.54, 1.807) is 36.4 Å². The van der Waals surface area contributed by atoms with Crippen LogP contribution in [-0.2, 0) is 4.79 Å². The van der Waals surface area contributed by atoms with Gasteiger partial charge in [0.2, 0.25) is 0 Å². The Morgan fingerprint density at radius 2 is 2.00 bits per heavy atom. The Balaban J connectivity index is 1.80. The molecular formula is C20H17Cl3N2O2S. The molecule has 1 atom stereocenters. The van der Waals surface area contributed by atoms with Crippen molar-refractivity contribution in [3.8, 4) is 5.75 Å². The topological polar surface area (TPSA) is 50.7 Å². The maximum Gasteiger partial charge on any atom is 0.264 e. The molecular weight excluding hydrogens is 439 g/mol. The normalized spacial score (nSPS) is 17.8. The highest BCUT2D eigenvalue weighted by molar-refractivity contribution is 8.18. The van der Waals surface area contributed by atoms with Gasteiger partial charge in [-0.05, 0) is 61.0 Å². The van der Waals surface area contributed by atoms with Gasteiger partial charge in [0.05, 0.1) is 31.8 Å². The smallest absolute Gasteiger partial charge is 0.264 e. The van der Waals surface area contributed by atoms with Crippen LogP contribution in [0.3, 0.4) is 0 Å². The van der Waals surface area contributed by atoms with Gasteiger partial charge in [0.15, 0.2) is 5.17 Å². The first-order chi connectivity index (χ1) is 13.4. The molecule has 1 fully saturated rings. The lowest BCUT2D eigenvalue weighted by Gasteiger charge is -2.14. The van der Waals surface area contributed by atoms with Crippen LogP contribution in [0.4, 0.5) is 5.69 Å². The van der Waals surface area contributed by atoms with Gasteiger partial charge in [-0.2, -0.15) is 0 Å². The number of thioether (sulfide) groups is 1. The van der Waals surface area contributed by atoms with Crippen molar-refractivity contribution in [2.24, 2.45) is 4.99 Å². The summed E-state index contributed by atoms with van der Waals surface area (Å²) in [6.45, 7) is 4.03. The number of nitrogens with zero attached hydrogens (tertiary/aromatic N) is 1. The number of nitrogens with one attached hydrogen (secondary N) is 1. The summed E-state index contributed by atoms with van der Waals surface area (Å²) in [6.07, 6.45) is 2.72. The van der Waals surface area contributed by atoms with Crippen LogP contribution in [0.5, 0.6) is 5.75 Å².